The Hall–Kier alpha value is -2.67. The highest BCUT2D eigenvalue weighted by molar-refractivity contribution is 5.77. The van der Waals surface area contributed by atoms with Gasteiger partial charge in [0.2, 0.25) is 0 Å². The number of non-ortho nitro benzene ring substituents is 1. The smallest absolute Gasteiger partial charge is 0.269 e. The van der Waals surface area contributed by atoms with E-state index in [0.717, 1.165) is 31.7 Å². The van der Waals surface area contributed by atoms with Gasteiger partial charge < -0.3 is 9.32 Å². The predicted octanol–water partition coefficient (Wildman–Crippen LogP) is 2.44. The van der Waals surface area contributed by atoms with Crippen LogP contribution in [0, 0.1) is 10.1 Å². The Morgan fingerprint density at radius 2 is 1.83 bits per heavy atom. The molecule has 120 valence electrons. The van der Waals surface area contributed by atoms with Crippen molar-refractivity contribution in [3.63, 3.8) is 0 Å². The summed E-state index contributed by atoms with van der Waals surface area (Å²) in [5, 5.41) is 17.1. The molecule has 1 aliphatic rings. The van der Waals surface area contributed by atoms with Crippen LogP contribution in [0.2, 0.25) is 0 Å². The summed E-state index contributed by atoms with van der Waals surface area (Å²) in [6.07, 6.45) is 1.71. The van der Waals surface area contributed by atoms with E-state index in [-0.39, 0.29) is 5.69 Å². The summed E-state index contributed by atoms with van der Waals surface area (Å²) < 4.78 is 5.73. The fraction of sp³-hybridized carbons (Fsp3) is 0.312. The summed E-state index contributed by atoms with van der Waals surface area (Å²) in [5.74, 6) is 1.33. The van der Waals surface area contributed by atoms with E-state index in [0.29, 0.717) is 11.5 Å². The molecule has 0 radical (unpaired) electrons. The highest BCUT2D eigenvalue weighted by Gasteiger charge is 2.11. The maximum absolute atomic E-state index is 10.7. The second-order valence-corrected chi connectivity index (χ2v) is 5.51. The van der Waals surface area contributed by atoms with Crippen molar-refractivity contribution in [1.29, 1.82) is 0 Å². The van der Waals surface area contributed by atoms with E-state index in [1.165, 1.54) is 12.1 Å². The standard InChI is InChI=1S/C16H18N4O3/c1-18-8-10-19(11-9-18)17-12-15-6-7-16(23-15)13-2-4-14(5-3-13)20(21)22/h2-7,12H,8-11H2,1H3/b17-12-. The van der Waals surface area contributed by atoms with Gasteiger partial charge in [-0.1, -0.05) is 0 Å². The SMILES string of the molecule is CN1CCN(/N=C\c2ccc(-c3ccc([N+](=O)[O-])cc3)o2)CC1. The zero-order chi connectivity index (χ0) is 16.2. The van der Waals surface area contributed by atoms with Crippen molar-refractivity contribution in [2.45, 2.75) is 0 Å². The number of benzene rings is 1. The fourth-order valence-electron chi connectivity index (χ4n) is 2.37. The lowest BCUT2D eigenvalue weighted by Crippen LogP contribution is -2.41. The number of hydrogen-bond acceptors (Lipinski definition) is 6. The Labute approximate surface area is 134 Å². The van der Waals surface area contributed by atoms with Gasteiger partial charge in [0, 0.05) is 43.9 Å². The van der Waals surface area contributed by atoms with Crippen LogP contribution in [0.1, 0.15) is 5.76 Å². The number of nitro groups is 1. The van der Waals surface area contributed by atoms with Crippen LogP contribution in [0.25, 0.3) is 11.3 Å². The first-order chi connectivity index (χ1) is 11.1. The van der Waals surface area contributed by atoms with Crippen molar-refractivity contribution in [3.05, 3.63) is 52.3 Å². The minimum absolute atomic E-state index is 0.0668. The highest BCUT2D eigenvalue weighted by Crippen LogP contribution is 2.24. The van der Waals surface area contributed by atoms with Crippen molar-refractivity contribution in [1.82, 2.24) is 9.91 Å². The zero-order valence-corrected chi connectivity index (χ0v) is 12.9. The third kappa shape index (κ3) is 3.75. The maximum atomic E-state index is 10.7. The average Bonchev–Trinajstić information content (AvgIpc) is 3.03. The molecular formula is C16H18N4O3. The Kier molecular flexibility index (Phi) is 4.38. The van der Waals surface area contributed by atoms with Crippen molar-refractivity contribution in [2.75, 3.05) is 33.2 Å². The van der Waals surface area contributed by atoms with Crippen LogP contribution in [0.15, 0.2) is 45.9 Å². The number of nitrogens with zero attached hydrogens (tertiary/aromatic N) is 4. The molecule has 1 saturated heterocycles. The lowest BCUT2D eigenvalue weighted by molar-refractivity contribution is -0.384. The Bertz CT molecular complexity index is 700. The molecule has 23 heavy (non-hydrogen) atoms. The van der Waals surface area contributed by atoms with Crippen LogP contribution >= 0.6 is 0 Å². The molecule has 3 rings (SSSR count). The molecule has 0 amide bonds. The molecule has 1 fully saturated rings. The van der Waals surface area contributed by atoms with Gasteiger partial charge in [0.1, 0.15) is 11.5 Å². The maximum Gasteiger partial charge on any atom is 0.269 e. The van der Waals surface area contributed by atoms with Crippen LogP contribution in [0.4, 0.5) is 5.69 Å². The third-order valence-electron chi connectivity index (χ3n) is 3.82. The molecule has 2 heterocycles. The molecule has 1 aliphatic heterocycles. The topological polar surface area (TPSA) is 75.1 Å². The number of furan rings is 1. The molecule has 0 aliphatic carbocycles. The Morgan fingerprint density at radius 3 is 2.48 bits per heavy atom. The zero-order valence-electron chi connectivity index (χ0n) is 12.9. The van der Waals surface area contributed by atoms with Gasteiger partial charge in [-0.05, 0) is 31.3 Å². The van der Waals surface area contributed by atoms with E-state index in [1.54, 1.807) is 18.3 Å². The third-order valence-corrected chi connectivity index (χ3v) is 3.82. The normalized spacial score (nSPS) is 16.1. The minimum atomic E-state index is -0.417. The molecule has 1 aromatic carbocycles. The number of likely N-dealkylation sites (N-methyl/N-ethyl adjacent to an activating group) is 1. The predicted molar refractivity (Wildman–Crippen MR) is 87.5 cm³/mol. The number of rotatable bonds is 4. The number of piperazine rings is 1. The number of hydrazone groups is 1. The molecule has 2 aromatic rings. The van der Waals surface area contributed by atoms with Crippen LogP contribution in [0.3, 0.4) is 0 Å². The molecule has 7 nitrogen and oxygen atoms in total. The van der Waals surface area contributed by atoms with Crippen molar-refractivity contribution in [2.24, 2.45) is 5.10 Å². The molecule has 0 spiro atoms. The number of hydrogen-bond donors (Lipinski definition) is 0. The van der Waals surface area contributed by atoms with E-state index in [4.69, 9.17) is 4.42 Å². The van der Waals surface area contributed by atoms with Gasteiger partial charge in [-0.3, -0.25) is 15.1 Å². The Morgan fingerprint density at radius 1 is 1.13 bits per heavy atom. The second-order valence-electron chi connectivity index (χ2n) is 5.51. The van der Waals surface area contributed by atoms with Gasteiger partial charge in [-0.15, -0.1) is 0 Å². The number of nitro benzene ring substituents is 1. The van der Waals surface area contributed by atoms with Gasteiger partial charge >= 0.3 is 0 Å². The van der Waals surface area contributed by atoms with Crippen molar-refractivity contribution in [3.8, 4) is 11.3 Å². The summed E-state index contributed by atoms with van der Waals surface area (Å²) in [4.78, 5) is 12.5. The quantitative estimate of drug-likeness (QED) is 0.492. The summed E-state index contributed by atoms with van der Waals surface area (Å²) in [7, 11) is 2.10. The van der Waals surface area contributed by atoms with Crippen LogP contribution < -0.4 is 0 Å². The first-order valence-electron chi connectivity index (χ1n) is 7.44. The van der Waals surface area contributed by atoms with Gasteiger partial charge in [0.15, 0.2) is 0 Å². The first-order valence-corrected chi connectivity index (χ1v) is 7.44. The van der Waals surface area contributed by atoms with Crippen molar-refractivity contribution < 1.29 is 9.34 Å². The summed E-state index contributed by atoms with van der Waals surface area (Å²) in [5.41, 5.74) is 0.868. The molecule has 0 bridgehead atoms. The lowest BCUT2D eigenvalue weighted by Gasteiger charge is -2.30. The molecule has 1 aromatic heterocycles. The van der Waals surface area contributed by atoms with E-state index >= 15 is 0 Å². The van der Waals surface area contributed by atoms with E-state index in [2.05, 4.69) is 17.0 Å². The minimum Gasteiger partial charge on any atom is -0.455 e. The molecular weight excluding hydrogens is 296 g/mol. The lowest BCUT2D eigenvalue weighted by atomic mass is 10.1. The first kappa shape index (κ1) is 15.2. The van der Waals surface area contributed by atoms with Crippen LogP contribution in [0.5, 0.6) is 0 Å². The molecule has 0 saturated carbocycles. The average molecular weight is 314 g/mol. The van der Waals surface area contributed by atoms with E-state index in [1.807, 2.05) is 17.1 Å². The largest absolute Gasteiger partial charge is 0.455 e. The highest BCUT2D eigenvalue weighted by atomic mass is 16.6. The van der Waals surface area contributed by atoms with Crippen LogP contribution in [-0.2, 0) is 0 Å². The van der Waals surface area contributed by atoms with Gasteiger partial charge in [0.25, 0.3) is 5.69 Å². The molecule has 7 heteroatoms. The van der Waals surface area contributed by atoms with Crippen molar-refractivity contribution >= 4 is 11.9 Å². The summed E-state index contributed by atoms with van der Waals surface area (Å²) in [6.45, 7) is 3.82. The van der Waals surface area contributed by atoms with Crippen LogP contribution in [-0.4, -0.2) is 54.3 Å². The second kappa shape index (κ2) is 6.62. The Balaban J connectivity index is 1.66. The molecule has 0 atom stereocenters. The summed E-state index contributed by atoms with van der Waals surface area (Å²) >= 11 is 0. The van der Waals surface area contributed by atoms with Gasteiger partial charge in [-0.25, -0.2) is 0 Å². The van der Waals surface area contributed by atoms with E-state index < -0.39 is 4.92 Å². The molecule has 0 N–H and O–H groups in total. The molecule has 0 unspecified atom stereocenters. The summed E-state index contributed by atoms with van der Waals surface area (Å²) in [6, 6.07) is 9.98. The van der Waals surface area contributed by atoms with Gasteiger partial charge in [0.05, 0.1) is 11.1 Å². The van der Waals surface area contributed by atoms with Gasteiger partial charge in [-0.2, -0.15) is 5.10 Å². The van der Waals surface area contributed by atoms with E-state index in [9.17, 15) is 10.1 Å². The monoisotopic (exact) mass is 314 g/mol. The fourth-order valence-corrected chi connectivity index (χ4v) is 2.37.